The summed E-state index contributed by atoms with van der Waals surface area (Å²) in [5, 5.41) is 10.9. The Labute approximate surface area is 151 Å². The number of aromatic carboxylic acids is 1. The second-order valence-electron chi connectivity index (χ2n) is 6.10. The summed E-state index contributed by atoms with van der Waals surface area (Å²) < 4.78 is 41.3. The molecular formula is C18H18FN2O4S-. The van der Waals surface area contributed by atoms with Crippen LogP contribution in [0.2, 0.25) is 0 Å². The van der Waals surface area contributed by atoms with Crippen molar-refractivity contribution in [2.24, 2.45) is 0 Å². The summed E-state index contributed by atoms with van der Waals surface area (Å²) >= 11 is 0. The van der Waals surface area contributed by atoms with Crippen LogP contribution in [0, 0.1) is 5.82 Å². The van der Waals surface area contributed by atoms with E-state index in [0.717, 1.165) is 56.2 Å². The molecule has 0 radical (unpaired) electrons. The highest BCUT2D eigenvalue weighted by atomic mass is 32.2. The third-order valence-corrected chi connectivity index (χ3v) is 5.68. The third-order valence-electron chi connectivity index (χ3n) is 4.31. The lowest BCUT2D eigenvalue weighted by Crippen LogP contribution is -2.30. The molecule has 1 saturated heterocycles. The van der Waals surface area contributed by atoms with Gasteiger partial charge in [0.1, 0.15) is 5.82 Å². The molecule has 0 aliphatic carbocycles. The number of carbonyl (C=O) groups excluding carboxylic acids is 1. The molecule has 0 saturated carbocycles. The van der Waals surface area contributed by atoms with Gasteiger partial charge in [-0.2, -0.15) is 0 Å². The van der Waals surface area contributed by atoms with Crippen LogP contribution in [0.1, 0.15) is 29.6 Å². The number of hydrogen-bond acceptors (Lipinski definition) is 5. The molecule has 1 heterocycles. The Balaban J connectivity index is 1.93. The zero-order valence-electron chi connectivity index (χ0n) is 13.9. The zero-order chi connectivity index (χ0) is 18.7. The number of carbonyl (C=O) groups is 1. The van der Waals surface area contributed by atoms with Crippen LogP contribution in [0.25, 0.3) is 0 Å². The molecule has 0 atom stereocenters. The normalized spacial score (nSPS) is 14.9. The van der Waals surface area contributed by atoms with Crippen molar-refractivity contribution >= 4 is 27.4 Å². The summed E-state index contributed by atoms with van der Waals surface area (Å²) in [6.45, 7) is 1.67. The van der Waals surface area contributed by atoms with Crippen molar-refractivity contribution in [2.45, 2.75) is 24.2 Å². The molecule has 1 aliphatic rings. The molecule has 1 N–H and O–H groups in total. The lowest BCUT2D eigenvalue weighted by Gasteiger charge is -2.30. The summed E-state index contributed by atoms with van der Waals surface area (Å²) in [7, 11) is -4.08. The Morgan fingerprint density at radius 2 is 1.77 bits per heavy atom. The second-order valence-corrected chi connectivity index (χ2v) is 7.78. The van der Waals surface area contributed by atoms with Gasteiger partial charge in [0.2, 0.25) is 0 Å². The van der Waals surface area contributed by atoms with Crippen LogP contribution in [-0.4, -0.2) is 27.5 Å². The number of hydrogen-bond donors (Lipinski definition) is 1. The first kappa shape index (κ1) is 18.2. The molecule has 8 heteroatoms. The second kappa shape index (κ2) is 7.33. The molecule has 26 heavy (non-hydrogen) atoms. The molecule has 0 bridgehead atoms. The van der Waals surface area contributed by atoms with Gasteiger partial charge in [0.15, 0.2) is 0 Å². The first-order valence-electron chi connectivity index (χ1n) is 8.26. The molecular weight excluding hydrogens is 359 g/mol. The molecule has 138 valence electrons. The number of carboxylic acid groups (broad SMARTS) is 1. The zero-order valence-corrected chi connectivity index (χ0v) is 14.8. The van der Waals surface area contributed by atoms with Crippen LogP contribution in [0.5, 0.6) is 0 Å². The van der Waals surface area contributed by atoms with Crippen molar-refractivity contribution in [3.8, 4) is 0 Å². The molecule has 2 aromatic carbocycles. The highest BCUT2D eigenvalue weighted by Gasteiger charge is 2.20. The van der Waals surface area contributed by atoms with Crippen LogP contribution in [-0.2, 0) is 10.0 Å². The fraction of sp³-hybridized carbons (Fsp3) is 0.278. The number of benzene rings is 2. The largest absolute Gasteiger partial charge is 0.545 e. The standard InChI is InChI=1S/C18H19FN2O4S/c19-15-9-8-13(12-14(15)18(22)23)26(24,25)20-16-6-2-3-7-17(16)21-10-4-1-5-11-21/h2-3,6-9,12,20H,1,4-5,10-11H2,(H,22,23)/p-1. The Hall–Kier alpha value is -2.61. The van der Waals surface area contributed by atoms with Gasteiger partial charge in [-0.05, 0) is 49.6 Å². The van der Waals surface area contributed by atoms with E-state index in [1.165, 1.54) is 0 Å². The number of anilines is 2. The number of nitrogens with zero attached hydrogens (tertiary/aromatic N) is 1. The number of nitrogens with one attached hydrogen (secondary N) is 1. The molecule has 0 unspecified atom stereocenters. The van der Waals surface area contributed by atoms with Gasteiger partial charge in [-0.1, -0.05) is 12.1 Å². The van der Waals surface area contributed by atoms with E-state index in [-0.39, 0.29) is 4.90 Å². The quantitative estimate of drug-likeness (QED) is 0.861. The van der Waals surface area contributed by atoms with E-state index >= 15 is 0 Å². The van der Waals surface area contributed by atoms with E-state index in [0.29, 0.717) is 5.69 Å². The average Bonchev–Trinajstić information content (AvgIpc) is 2.62. The van der Waals surface area contributed by atoms with Crippen molar-refractivity contribution in [3.63, 3.8) is 0 Å². The van der Waals surface area contributed by atoms with Gasteiger partial charge >= 0.3 is 0 Å². The van der Waals surface area contributed by atoms with E-state index in [9.17, 15) is 22.7 Å². The molecule has 0 spiro atoms. The van der Waals surface area contributed by atoms with Crippen molar-refractivity contribution in [2.75, 3.05) is 22.7 Å². The predicted octanol–water partition coefficient (Wildman–Crippen LogP) is 1.98. The van der Waals surface area contributed by atoms with Gasteiger partial charge in [-0.15, -0.1) is 0 Å². The monoisotopic (exact) mass is 377 g/mol. The van der Waals surface area contributed by atoms with E-state index < -0.39 is 27.4 Å². The van der Waals surface area contributed by atoms with Crippen LogP contribution >= 0.6 is 0 Å². The van der Waals surface area contributed by atoms with Gasteiger partial charge in [0.05, 0.1) is 22.2 Å². The van der Waals surface area contributed by atoms with Crippen molar-refractivity contribution < 1.29 is 22.7 Å². The number of rotatable bonds is 5. The number of piperidine rings is 1. The Kier molecular flexibility index (Phi) is 5.13. The minimum atomic E-state index is -4.08. The summed E-state index contributed by atoms with van der Waals surface area (Å²) in [4.78, 5) is 12.7. The summed E-state index contributed by atoms with van der Waals surface area (Å²) in [5.41, 5.74) is 0.365. The van der Waals surface area contributed by atoms with Crippen LogP contribution < -0.4 is 14.7 Å². The Morgan fingerprint density at radius 1 is 1.08 bits per heavy atom. The van der Waals surface area contributed by atoms with Crippen molar-refractivity contribution in [1.82, 2.24) is 0 Å². The smallest absolute Gasteiger partial charge is 0.261 e. The van der Waals surface area contributed by atoms with Crippen LogP contribution in [0.3, 0.4) is 0 Å². The molecule has 1 fully saturated rings. The highest BCUT2D eigenvalue weighted by molar-refractivity contribution is 7.92. The van der Waals surface area contributed by atoms with Gasteiger partial charge in [0.25, 0.3) is 10.0 Å². The lowest BCUT2D eigenvalue weighted by molar-refractivity contribution is -0.255. The van der Waals surface area contributed by atoms with Gasteiger partial charge in [-0.3, -0.25) is 4.72 Å². The average molecular weight is 377 g/mol. The topological polar surface area (TPSA) is 89.5 Å². The molecule has 3 rings (SSSR count). The van der Waals surface area contributed by atoms with E-state index in [2.05, 4.69) is 9.62 Å². The minimum Gasteiger partial charge on any atom is -0.545 e. The highest BCUT2D eigenvalue weighted by Crippen LogP contribution is 2.30. The fourth-order valence-corrected chi connectivity index (χ4v) is 4.10. The third kappa shape index (κ3) is 3.80. The van der Waals surface area contributed by atoms with Crippen LogP contribution in [0.15, 0.2) is 47.4 Å². The number of halogens is 1. The van der Waals surface area contributed by atoms with E-state index in [1.54, 1.807) is 12.1 Å². The van der Waals surface area contributed by atoms with Crippen molar-refractivity contribution in [3.05, 3.63) is 53.8 Å². The fourth-order valence-electron chi connectivity index (χ4n) is 3.00. The summed E-state index contributed by atoms with van der Waals surface area (Å²) in [5.74, 6) is -2.81. The van der Waals surface area contributed by atoms with Gasteiger partial charge in [-0.25, -0.2) is 12.8 Å². The number of sulfonamides is 1. The Bertz CT molecular complexity index is 925. The number of para-hydroxylation sites is 2. The number of carboxylic acids is 1. The summed E-state index contributed by atoms with van der Waals surface area (Å²) in [6, 6.07) is 9.60. The van der Waals surface area contributed by atoms with E-state index in [1.807, 2.05) is 12.1 Å². The maximum Gasteiger partial charge on any atom is 0.261 e. The van der Waals surface area contributed by atoms with Gasteiger partial charge < -0.3 is 14.8 Å². The lowest BCUT2D eigenvalue weighted by atomic mass is 10.1. The molecule has 0 aromatic heterocycles. The van der Waals surface area contributed by atoms with Crippen molar-refractivity contribution in [1.29, 1.82) is 0 Å². The Morgan fingerprint density at radius 3 is 2.46 bits per heavy atom. The summed E-state index contributed by atoms with van der Waals surface area (Å²) in [6.07, 6.45) is 3.22. The SMILES string of the molecule is O=C([O-])c1cc(S(=O)(=O)Nc2ccccc2N2CCCCC2)ccc1F. The predicted molar refractivity (Wildman–Crippen MR) is 94.0 cm³/mol. The molecule has 1 aliphatic heterocycles. The van der Waals surface area contributed by atoms with Crippen LogP contribution in [0.4, 0.5) is 15.8 Å². The van der Waals surface area contributed by atoms with E-state index in [4.69, 9.17) is 0 Å². The molecule has 2 aromatic rings. The maximum absolute atomic E-state index is 13.5. The first-order chi connectivity index (χ1) is 12.4. The minimum absolute atomic E-state index is 0.341. The first-order valence-corrected chi connectivity index (χ1v) is 9.74. The molecule has 0 amide bonds. The maximum atomic E-state index is 13.5. The molecule has 6 nitrogen and oxygen atoms in total. The van der Waals surface area contributed by atoms with Gasteiger partial charge in [0, 0.05) is 18.7 Å².